The SMILES string of the molecule is CC(NCc1cccnc1C#N)c1ccsc1. The second-order valence-electron chi connectivity index (χ2n) is 3.78. The Morgan fingerprint density at radius 2 is 2.41 bits per heavy atom. The van der Waals surface area contributed by atoms with Gasteiger partial charge in [-0.25, -0.2) is 4.98 Å². The van der Waals surface area contributed by atoms with Gasteiger partial charge in [-0.2, -0.15) is 16.6 Å². The molecule has 1 N–H and O–H groups in total. The molecule has 0 aromatic carbocycles. The normalized spacial score (nSPS) is 12.0. The predicted molar refractivity (Wildman–Crippen MR) is 68.5 cm³/mol. The molecule has 17 heavy (non-hydrogen) atoms. The van der Waals surface area contributed by atoms with Crippen LogP contribution in [0.5, 0.6) is 0 Å². The Morgan fingerprint density at radius 3 is 3.12 bits per heavy atom. The van der Waals surface area contributed by atoms with Crippen LogP contribution in [0.2, 0.25) is 0 Å². The van der Waals surface area contributed by atoms with E-state index in [0.717, 1.165) is 5.56 Å². The van der Waals surface area contributed by atoms with Crippen molar-refractivity contribution >= 4 is 11.3 Å². The molecule has 86 valence electrons. The highest BCUT2D eigenvalue weighted by atomic mass is 32.1. The summed E-state index contributed by atoms with van der Waals surface area (Å²) in [4.78, 5) is 4.04. The van der Waals surface area contributed by atoms with Crippen molar-refractivity contribution in [2.24, 2.45) is 0 Å². The average Bonchev–Trinajstić information content (AvgIpc) is 2.90. The highest BCUT2D eigenvalue weighted by Gasteiger charge is 2.07. The van der Waals surface area contributed by atoms with Crippen molar-refractivity contribution in [2.45, 2.75) is 19.5 Å². The molecule has 4 heteroatoms. The largest absolute Gasteiger partial charge is 0.306 e. The molecule has 0 aliphatic carbocycles. The summed E-state index contributed by atoms with van der Waals surface area (Å²) in [6.45, 7) is 2.78. The zero-order valence-electron chi connectivity index (χ0n) is 9.55. The second-order valence-corrected chi connectivity index (χ2v) is 4.56. The van der Waals surface area contributed by atoms with Crippen LogP contribution in [0, 0.1) is 11.3 Å². The molecule has 0 fully saturated rings. The molecule has 0 amide bonds. The Labute approximate surface area is 105 Å². The summed E-state index contributed by atoms with van der Waals surface area (Å²) in [6, 6.07) is 8.28. The molecule has 0 spiro atoms. The molecule has 0 radical (unpaired) electrons. The van der Waals surface area contributed by atoms with E-state index >= 15 is 0 Å². The minimum atomic E-state index is 0.285. The van der Waals surface area contributed by atoms with Crippen molar-refractivity contribution in [3.63, 3.8) is 0 Å². The van der Waals surface area contributed by atoms with Gasteiger partial charge in [0, 0.05) is 24.3 Å². The lowest BCUT2D eigenvalue weighted by atomic mass is 10.1. The molecule has 0 aliphatic heterocycles. The number of pyridine rings is 1. The zero-order chi connectivity index (χ0) is 12.1. The molecule has 1 unspecified atom stereocenters. The lowest BCUT2D eigenvalue weighted by Gasteiger charge is -2.12. The summed E-state index contributed by atoms with van der Waals surface area (Å²) in [6.07, 6.45) is 1.64. The summed E-state index contributed by atoms with van der Waals surface area (Å²) in [7, 11) is 0. The van der Waals surface area contributed by atoms with Crippen molar-refractivity contribution in [2.75, 3.05) is 0 Å². The fourth-order valence-electron chi connectivity index (χ4n) is 1.58. The van der Waals surface area contributed by atoms with Gasteiger partial charge < -0.3 is 5.32 Å². The summed E-state index contributed by atoms with van der Waals surface area (Å²) in [5.74, 6) is 0. The van der Waals surface area contributed by atoms with Crippen LogP contribution in [0.15, 0.2) is 35.2 Å². The van der Waals surface area contributed by atoms with Gasteiger partial charge in [-0.05, 0) is 35.4 Å². The molecule has 0 saturated heterocycles. The van der Waals surface area contributed by atoms with Crippen LogP contribution in [-0.4, -0.2) is 4.98 Å². The van der Waals surface area contributed by atoms with E-state index in [2.05, 4.69) is 40.1 Å². The van der Waals surface area contributed by atoms with Gasteiger partial charge in [0.15, 0.2) is 0 Å². The minimum absolute atomic E-state index is 0.285. The monoisotopic (exact) mass is 243 g/mol. The number of thiophene rings is 1. The first-order valence-electron chi connectivity index (χ1n) is 5.40. The number of hydrogen-bond donors (Lipinski definition) is 1. The third-order valence-electron chi connectivity index (χ3n) is 2.64. The van der Waals surface area contributed by atoms with E-state index in [9.17, 15) is 0 Å². The topological polar surface area (TPSA) is 48.7 Å². The molecule has 2 rings (SSSR count). The van der Waals surface area contributed by atoms with Crippen LogP contribution in [0.4, 0.5) is 0 Å². The minimum Gasteiger partial charge on any atom is -0.306 e. The summed E-state index contributed by atoms with van der Waals surface area (Å²) < 4.78 is 0. The van der Waals surface area contributed by atoms with E-state index in [-0.39, 0.29) is 6.04 Å². The van der Waals surface area contributed by atoms with Crippen LogP contribution in [0.1, 0.15) is 29.8 Å². The number of nitriles is 1. The van der Waals surface area contributed by atoms with E-state index < -0.39 is 0 Å². The van der Waals surface area contributed by atoms with Gasteiger partial charge in [0.1, 0.15) is 11.8 Å². The highest BCUT2D eigenvalue weighted by Crippen LogP contribution is 2.16. The van der Waals surface area contributed by atoms with E-state index in [4.69, 9.17) is 5.26 Å². The fourth-order valence-corrected chi connectivity index (χ4v) is 2.34. The summed E-state index contributed by atoms with van der Waals surface area (Å²) in [5, 5.41) is 16.5. The lowest BCUT2D eigenvalue weighted by molar-refractivity contribution is 0.574. The predicted octanol–water partition coefficient (Wildman–Crippen LogP) is 2.87. The molecule has 0 bridgehead atoms. The number of aromatic nitrogens is 1. The molecule has 2 heterocycles. The Balaban J connectivity index is 2.01. The lowest BCUT2D eigenvalue weighted by Crippen LogP contribution is -2.18. The van der Waals surface area contributed by atoms with Crippen LogP contribution >= 0.6 is 11.3 Å². The van der Waals surface area contributed by atoms with Gasteiger partial charge >= 0.3 is 0 Å². The van der Waals surface area contributed by atoms with Crippen LogP contribution in [0.3, 0.4) is 0 Å². The number of rotatable bonds is 4. The summed E-state index contributed by atoms with van der Waals surface area (Å²) >= 11 is 1.69. The molecule has 0 aliphatic rings. The van der Waals surface area contributed by atoms with Gasteiger partial charge in [0.2, 0.25) is 0 Å². The molecule has 1 atom stereocenters. The number of hydrogen-bond acceptors (Lipinski definition) is 4. The Kier molecular flexibility index (Phi) is 3.86. The van der Waals surface area contributed by atoms with Crippen molar-refractivity contribution < 1.29 is 0 Å². The van der Waals surface area contributed by atoms with Crippen molar-refractivity contribution in [3.05, 3.63) is 52.0 Å². The quantitative estimate of drug-likeness (QED) is 0.898. The second kappa shape index (κ2) is 5.58. The molecular weight excluding hydrogens is 230 g/mol. The highest BCUT2D eigenvalue weighted by molar-refractivity contribution is 7.07. The number of nitrogens with zero attached hydrogens (tertiary/aromatic N) is 2. The van der Waals surface area contributed by atoms with Gasteiger partial charge in [-0.15, -0.1) is 0 Å². The zero-order valence-corrected chi connectivity index (χ0v) is 10.4. The van der Waals surface area contributed by atoms with E-state index in [0.29, 0.717) is 12.2 Å². The standard InChI is InChI=1S/C13H13N3S/c1-10(12-4-6-17-9-12)16-8-11-3-2-5-15-13(11)7-14/h2-6,9-10,16H,8H2,1H3. The smallest absolute Gasteiger partial charge is 0.144 e. The first-order valence-corrected chi connectivity index (χ1v) is 6.35. The van der Waals surface area contributed by atoms with Crippen LogP contribution < -0.4 is 5.32 Å². The Bertz CT molecular complexity index is 514. The van der Waals surface area contributed by atoms with Crippen molar-refractivity contribution in [3.8, 4) is 6.07 Å². The van der Waals surface area contributed by atoms with E-state index in [1.165, 1.54) is 5.56 Å². The maximum absolute atomic E-state index is 8.93. The molecule has 2 aromatic heterocycles. The molecular formula is C13H13N3S. The van der Waals surface area contributed by atoms with Gasteiger partial charge in [-0.3, -0.25) is 0 Å². The third kappa shape index (κ3) is 2.90. The first-order chi connectivity index (χ1) is 8.31. The van der Waals surface area contributed by atoms with Gasteiger partial charge in [0.05, 0.1) is 0 Å². The molecule has 3 nitrogen and oxygen atoms in total. The number of nitrogens with one attached hydrogen (secondary N) is 1. The maximum Gasteiger partial charge on any atom is 0.144 e. The van der Waals surface area contributed by atoms with E-state index in [1.807, 2.05) is 12.1 Å². The average molecular weight is 243 g/mol. The van der Waals surface area contributed by atoms with Crippen molar-refractivity contribution in [1.82, 2.24) is 10.3 Å². The fraction of sp³-hybridized carbons (Fsp3) is 0.231. The maximum atomic E-state index is 8.93. The van der Waals surface area contributed by atoms with Gasteiger partial charge in [0.25, 0.3) is 0 Å². The van der Waals surface area contributed by atoms with Crippen LogP contribution in [-0.2, 0) is 6.54 Å². The van der Waals surface area contributed by atoms with Crippen LogP contribution in [0.25, 0.3) is 0 Å². The molecule has 2 aromatic rings. The third-order valence-corrected chi connectivity index (χ3v) is 3.34. The Hall–Kier alpha value is -1.70. The van der Waals surface area contributed by atoms with Gasteiger partial charge in [-0.1, -0.05) is 6.07 Å². The summed E-state index contributed by atoms with van der Waals surface area (Å²) in [5.41, 5.74) is 2.71. The van der Waals surface area contributed by atoms with Crippen molar-refractivity contribution in [1.29, 1.82) is 5.26 Å². The Morgan fingerprint density at radius 1 is 1.53 bits per heavy atom. The first kappa shape index (κ1) is 11.8. The van der Waals surface area contributed by atoms with E-state index in [1.54, 1.807) is 17.5 Å². The molecule has 0 saturated carbocycles.